The topological polar surface area (TPSA) is 85.5 Å². The van der Waals surface area contributed by atoms with Gasteiger partial charge >= 0.3 is 52.7 Å². The van der Waals surface area contributed by atoms with Gasteiger partial charge in [-0.05, 0) is 0 Å². The summed E-state index contributed by atoms with van der Waals surface area (Å²) in [4.78, 5) is 0. The van der Waals surface area contributed by atoms with Gasteiger partial charge in [0.25, 0.3) is 0 Å². The Balaban J connectivity index is 0. The van der Waals surface area contributed by atoms with Gasteiger partial charge in [-0.3, -0.25) is 0 Å². The van der Waals surface area contributed by atoms with E-state index >= 15 is 0 Å². The van der Waals surface area contributed by atoms with Crippen LogP contribution in [-0.4, -0.2) is 17.4 Å². The summed E-state index contributed by atoms with van der Waals surface area (Å²) in [7, 11) is 0. The van der Waals surface area contributed by atoms with Crippen LogP contribution in [0.15, 0.2) is 0 Å². The molecule has 0 saturated heterocycles. The summed E-state index contributed by atoms with van der Waals surface area (Å²) < 4.78 is 0. The molecule has 0 atom stereocenters. The molecule has 0 spiro atoms. The van der Waals surface area contributed by atoms with E-state index in [2.05, 4.69) is 0 Å². The molecule has 0 N–H and O–H groups in total. The summed E-state index contributed by atoms with van der Waals surface area (Å²) in [6.45, 7) is 0. The monoisotopic (exact) mass is 140 g/mol. The second kappa shape index (κ2) is 87.1. The normalized spacial score (nSPS) is 0. The van der Waals surface area contributed by atoms with Gasteiger partial charge in [-0.25, -0.2) is 0 Å². The zero-order valence-electron chi connectivity index (χ0n) is 3.12. The predicted octanol–water partition coefficient (Wildman–Crippen LogP) is -3.74. The SMILES string of the molecule is [Al+3].[Li+].[Ni+2].[O-2].[O-2].[O-2]. The summed E-state index contributed by atoms with van der Waals surface area (Å²) in [5.74, 6) is 0. The van der Waals surface area contributed by atoms with Crippen molar-refractivity contribution in [3.05, 3.63) is 0 Å². The Morgan fingerprint density at radius 2 is 0.667 bits per heavy atom. The summed E-state index contributed by atoms with van der Waals surface area (Å²) >= 11 is 0. The standard InChI is InChI=1S/Al.Li.Ni.3O/q+3;+1;+2;3*-2. The fourth-order valence-electron chi connectivity index (χ4n) is 0. The van der Waals surface area contributed by atoms with Crippen LogP contribution in [0.5, 0.6) is 0 Å². The van der Waals surface area contributed by atoms with E-state index in [0.29, 0.717) is 0 Å². The van der Waals surface area contributed by atoms with Gasteiger partial charge in [-0.1, -0.05) is 0 Å². The molecule has 0 radical (unpaired) electrons. The first kappa shape index (κ1) is 140. The third-order valence-corrected chi connectivity index (χ3v) is 0. The molecule has 0 fully saturated rings. The van der Waals surface area contributed by atoms with E-state index < -0.39 is 0 Å². The van der Waals surface area contributed by atoms with Crippen molar-refractivity contribution in [2.45, 2.75) is 0 Å². The molecular formula is AlLiNiO3. The van der Waals surface area contributed by atoms with Crippen molar-refractivity contribution in [3.8, 4) is 0 Å². The Hall–Kier alpha value is 1.50. The second-order valence-corrected chi connectivity index (χ2v) is 0. The summed E-state index contributed by atoms with van der Waals surface area (Å²) in [6.07, 6.45) is 0. The predicted molar refractivity (Wildman–Crippen MR) is 7.81 cm³/mol. The molecule has 0 saturated carbocycles. The minimum atomic E-state index is 0. The quantitative estimate of drug-likeness (QED) is 0.310. The van der Waals surface area contributed by atoms with E-state index in [-0.39, 0.29) is 69.1 Å². The fraction of sp³-hybridized carbons (Fsp3) is 0. The maximum absolute atomic E-state index is 0. The van der Waals surface area contributed by atoms with Crippen molar-refractivity contribution < 1.29 is 51.8 Å². The van der Waals surface area contributed by atoms with Crippen LogP contribution in [0.4, 0.5) is 0 Å². The van der Waals surface area contributed by atoms with Gasteiger partial charge in [0.1, 0.15) is 0 Å². The third-order valence-electron chi connectivity index (χ3n) is 0. The van der Waals surface area contributed by atoms with E-state index in [0.717, 1.165) is 0 Å². The van der Waals surface area contributed by atoms with Crippen LogP contribution in [-0.2, 0) is 32.9 Å². The average molecular weight is 141 g/mol. The minimum Gasteiger partial charge on any atom is -2.00 e. The molecule has 0 rings (SSSR count). The summed E-state index contributed by atoms with van der Waals surface area (Å²) in [5.41, 5.74) is 0. The van der Waals surface area contributed by atoms with Crippen LogP contribution in [0.2, 0.25) is 0 Å². The Kier molecular flexibility index (Phi) is 2040. The first-order chi connectivity index (χ1) is 0. The van der Waals surface area contributed by atoms with Crippen molar-refractivity contribution in [3.63, 3.8) is 0 Å². The van der Waals surface area contributed by atoms with Crippen molar-refractivity contribution in [2.24, 2.45) is 0 Å². The van der Waals surface area contributed by atoms with E-state index in [1.165, 1.54) is 0 Å². The largest absolute Gasteiger partial charge is 3.00 e. The molecule has 0 bridgehead atoms. The van der Waals surface area contributed by atoms with E-state index in [1.54, 1.807) is 0 Å². The van der Waals surface area contributed by atoms with Gasteiger partial charge in [0.2, 0.25) is 0 Å². The Labute approximate surface area is 69.0 Å². The molecule has 0 aromatic carbocycles. The number of rotatable bonds is 0. The van der Waals surface area contributed by atoms with Crippen molar-refractivity contribution in [1.82, 2.24) is 0 Å². The number of hydrogen-bond donors (Lipinski definition) is 0. The summed E-state index contributed by atoms with van der Waals surface area (Å²) in [5, 5.41) is 0. The van der Waals surface area contributed by atoms with Crippen LogP contribution in [0.25, 0.3) is 0 Å². The molecule has 3 nitrogen and oxygen atoms in total. The zero-order chi connectivity index (χ0) is 0. The minimum absolute atomic E-state index is 0. The van der Waals surface area contributed by atoms with Crippen LogP contribution >= 0.6 is 0 Å². The summed E-state index contributed by atoms with van der Waals surface area (Å²) in [6, 6.07) is 0. The first-order valence-corrected chi connectivity index (χ1v) is 0. The molecule has 6 heteroatoms. The second-order valence-electron chi connectivity index (χ2n) is 0. The van der Waals surface area contributed by atoms with Crippen LogP contribution in [0.1, 0.15) is 0 Å². The van der Waals surface area contributed by atoms with Crippen molar-refractivity contribution in [2.75, 3.05) is 0 Å². The van der Waals surface area contributed by atoms with Crippen LogP contribution in [0.3, 0.4) is 0 Å². The van der Waals surface area contributed by atoms with Gasteiger partial charge in [0.05, 0.1) is 0 Å². The van der Waals surface area contributed by atoms with Gasteiger partial charge in [-0.15, -0.1) is 0 Å². The molecule has 0 aromatic rings. The molecule has 0 aliphatic heterocycles. The first-order valence-electron chi connectivity index (χ1n) is 0. The van der Waals surface area contributed by atoms with Gasteiger partial charge in [-0.2, -0.15) is 0 Å². The van der Waals surface area contributed by atoms with Crippen LogP contribution in [0, 0.1) is 0 Å². The van der Waals surface area contributed by atoms with E-state index in [1.807, 2.05) is 0 Å². The maximum Gasteiger partial charge on any atom is 3.00 e. The molecule has 0 heterocycles. The Bertz CT molecular complexity index is 10.8. The Morgan fingerprint density at radius 3 is 0.667 bits per heavy atom. The smallest absolute Gasteiger partial charge is 2.00 e. The zero-order valence-corrected chi connectivity index (χ0v) is 5.26. The molecular weight excluding hydrogens is 141 g/mol. The average Bonchev–Trinajstić information content (AvgIpc) is 0. The molecule has 0 aliphatic carbocycles. The van der Waals surface area contributed by atoms with E-state index in [4.69, 9.17) is 0 Å². The van der Waals surface area contributed by atoms with Crippen molar-refractivity contribution >= 4 is 17.4 Å². The Morgan fingerprint density at radius 1 is 0.667 bits per heavy atom. The molecule has 0 aliphatic rings. The molecule has 0 aromatic heterocycles. The maximum atomic E-state index is 0. The van der Waals surface area contributed by atoms with E-state index in [9.17, 15) is 0 Å². The molecule has 0 unspecified atom stereocenters. The molecule has 32 valence electrons. The van der Waals surface area contributed by atoms with Gasteiger partial charge < -0.3 is 16.4 Å². The fourth-order valence-corrected chi connectivity index (χ4v) is 0. The molecule has 6 heavy (non-hydrogen) atoms. The van der Waals surface area contributed by atoms with Gasteiger partial charge in [0.15, 0.2) is 0 Å². The van der Waals surface area contributed by atoms with Crippen molar-refractivity contribution in [1.29, 1.82) is 0 Å². The molecule has 0 amide bonds. The third kappa shape index (κ3) is 49.4. The number of hydrogen-bond acceptors (Lipinski definition) is 0. The van der Waals surface area contributed by atoms with Gasteiger partial charge in [0, 0.05) is 0 Å². The van der Waals surface area contributed by atoms with Crippen LogP contribution < -0.4 is 18.9 Å².